The molecule has 170 valence electrons. The van der Waals surface area contributed by atoms with Gasteiger partial charge in [0.05, 0.1) is 19.1 Å². The predicted molar refractivity (Wildman–Crippen MR) is 113 cm³/mol. The molecule has 2 aromatic rings. The van der Waals surface area contributed by atoms with E-state index in [1.54, 1.807) is 31.2 Å². The van der Waals surface area contributed by atoms with Gasteiger partial charge < -0.3 is 14.2 Å². The monoisotopic (exact) mass is 448 g/mol. The second-order valence-corrected chi connectivity index (χ2v) is 7.59. The van der Waals surface area contributed by atoms with E-state index in [9.17, 15) is 8.78 Å². The van der Waals surface area contributed by atoms with E-state index in [-0.39, 0.29) is 35.7 Å². The number of benzene rings is 2. The van der Waals surface area contributed by atoms with Crippen molar-refractivity contribution in [1.29, 1.82) is 0 Å². The highest BCUT2D eigenvalue weighted by molar-refractivity contribution is 5.77. The van der Waals surface area contributed by atoms with E-state index in [1.807, 2.05) is 6.92 Å². The van der Waals surface area contributed by atoms with Crippen LogP contribution in [0.3, 0.4) is 0 Å². The molecule has 4 atom stereocenters. The Bertz CT molecular complexity index is 1030. The van der Waals surface area contributed by atoms with Crippen LogP contribution >= 0.6 is 0 Å². The molecule has 2 aromatic carbocycles. The van der Waals surface area contributed by atoms with Gasteiger partial charge in [0.25, 0.3) is 0 Å². The molecule has 0 fully saturated rings. The van der Waals surface area contributed by atoms with Crippen molar-refractivity contribution in [3.63, 3.8) is 0 Å². The van der Waals surface area contributed by atoms with E-state index < -0.39 is 35.8 Å². The van der Waals surface area contributed by atoms with Crippen LogP contribution in [0.4, 0.5) is 17.6 Å². The van der Waals surface area contributed by atoms with Gasteiger partial charge in [0, 0.05) is 11.1 Å². The molecule has 0 aromatic heterocycles. The van der Waals surface area contributed by atoms with Gasteiger partial charge >= 0.3 is 0 Å². The molecule has 0 radical (unpaired) electrons. The van der Waals surface area contributed by atoms with E-state index >= 15 is 8.78 Å². The number of alkyl halides is 3. The molecule has 0 aliphatic heterocycles. The van der Waals surface area contributed by atoms with Crippen molar-refractivity contribution in [2.75, 3.05) is 13.2 Å². The summed E-state index contributed by atoms with van der Waals surface area (Å²) in [6, 6.07) is 9.76. The molecular formula is C25H24F4O3. The van der Waals surface area contributed by atoms with Gasteiger partial charge in [-0.15, -0.1) is 0 Å². The maximum absolute atomic E-state index is 15.2. The SMILES string of the molecule is CCOC1=CC=C2c3ccc(COc4ccc(OCC)cc4)c(F)c3C(F)C(F)C2C1F. The minimum absolute atomic E-state index is 0.0413. The molecule has 0 amide bonds. The summed E-state index contributed by atoms with van der Waals surface area (Å²) in [6.45, 7) is 4.13. The van der Waals surface area contributed by atoms with Crippen molar-refractivity contribution >= 4 is 5.57 Å². The van der Waals surface area contributed by atoms with Gasteiger partial charge in [0.1, 0.15) is 35.9 Å². The number of hydrogen-bond acceptors (Lipinski definition) is 3. The van der Waals surface area contributed by atoms with E-state index in [4.69, 9.17) is 14.2 Å². The zero-order chi connectivity index (χ0) is 22.8. The first-order valence-corrected chi connectivity index (χ1v) is 10.6. The summed E-state index contributed by atoms with van der Waals surface area (Å²) in [7, 11) is 0. The molecule has 7 heteroatoms. The van der Waals surface area contributed by atoms with E-state index in [0.29, 0.717) is 18.1 Å². The summed E-state index contributed by atoms with van der Waals surface area (Å²) in [5, 5.41) is 0. The molecule has 4 unspecified atom stereocenters. The quantitative estimate of drug-likeness (QED) is 0.457. The fourth-order valence-corrected chi connectivity index (χ4v) is 4.18. The van der Waals surface area contributed by atoms with E-state index in [0.717, 1.165) is 0 Å². The predicted octanol–water partition coefficient (Wildman–Crippen LogP) is 6.44. The van der Waals surface area contributed by atoms with Gasteiger partial charge in [-0.2, -0.15) is 0 Å². The lowest BCUT2D eigenvalue weighted by Gasteiger charge is -2.37. The van der Waals surface area contributed by atoms with Crippen molar-refractivity contribution < 1.29 is 31.8 Å². The first-order valence-electron chi connectivity index (χ1n) is 10.6. The Hall–Kier alpha value is -2.96. The Morgan fingerprint density at radius 3 is 2.09 bits per heavy atom. The molecule has 0 bridgehead atoms. The standard InChI is InChI=1S/C25H24F4O3/c1-3-30-15-6-8-16(9-7-15)32-13-14-5-10-17-18-11-12-19(31-4-2)23(27)21(18)25(29)24(28)20(17)22(14)26/h5-12,21,23-25H,3-4,13H2,1-2H3. The number of ether oxygens (including phenoxy) is 3. The van der Waals surface area contributed by atoms with Crippen molar-refractivity contribution in [2.24, 2.45) is 5.92 Å². The van der Waals surface area contributed by atoms with Crippen molar-refractivity contribution in [2.45, 2.75) is 39.0 Å². The number of hydrogen-bond donors (Lipinski definition) is 0. The molecule has 2 aliphatic rings. The summed E-state index contributed by atoms with van der Waals surface area (Å²) < 4.78 is 76.3. The molecule has 0 N–H and O–H groups in total. The Kier molecular flexibility index (Phi) is 6.44. The smallest absolute Gasteiger partial charge is 0.167 e. The Morgan fingerprint density at radius 2 is 1.44 bits per heavy atom. The van der Waals surface area contributed by atoms with Gasteiger partial charge in [-0.05, 0) is 55.3 Å². The third-order valence-electron chi connectivity index (χ3n) is 5.68. The third-order valence-corrected chi connectivity index (χ3v) is 5.68. The average molecular weight is 448 g/mol. The number of rotatable bonds is 7. The van der Waals surface area contributed by atoms with Crippen molar-refractivity contribution in [3.8, 4) is 11.5 Å². The highest BCUT2D eigenvalue weighted by Crippen LogP contribution is 2.50. The van der Waals surface area contributed by atoms with Crippen molar-refractivity contribution in [3.05, 3.63) is 76.8 Å². The van der Waals surface area contributed by atoms with Crippen LogP contribution in [0.15, 0.2) is 54.3 Å². The lowest BCUT2D eigenvalue weighted by molar-refractivity contribution is 0.0627. The van der Waals surface area contributed by atoms with Crippen LogP contribution in [0.5, 0.6) is 11.5 Å². The number of allylic oxidation sites excluding steroid dienone is 4. The zero-order valence-electron chi connectivity index (χ0n) is 17.8. The summed E-state index contributed by atoms with van der Waals surface area (Å²) in [4.78, 5) is 0. The first-order chi connectivity index (χ1) is 15.5. The second-order valence-electron chi connectivity index (χ2n) is 7.59. The molecule has 0 heterocycles. The molecule has 4 rings (SSSR count). The Labute approximate surface area is 184 Å². The summed E-state index contributed by atoms with van der Waals surface area (Å²) in [6.07, 6.45) is -3.47. The molecular weight excluding hydrogens is 424 g/mol. The highest BCUT2D eigenvalue weighted by Gasteiger charge is 2.48. The lowest BCUT2D eigenvalue weighted by atomic mass is 9.72. The maximum atomic E-state index is 15.2. The molecule has 32 heavy (non-hydrogen) atoms. The molecule has 0 spiro atoms. The minimum atomic E-state index is -2.29. The first kappa shape index (κ1) is 22.2. The van der Waals surface area contributed by atoms with Crippen LogP contribution in [0.2, 0.25) is 0 Å². The van der Waals surface area contributed by atoms with Crippen LogP contribution in [0.25, 0.3) is 5.57 Å². The van der Waals surface area contributed by atoms with Gasteiger partial charge in [0.15, 0.2) is 12.3 Å². The minimum Gasteiger partial charge on any atom is -0.495 e. The van der Waals surface area contributed by atoms with Crippen LogP contribution < -0.4 is 9.47 Å². The topological polar surface area (TPSA) is 27.7 Å². The van der Waals surface area contributed by atoms with Crippen LogP contribution in [0.1, 0.15) is 36.7 Å². The summed E-state index contributed by atoms with van der Waals surface area (Å²) in [5.74, 6) is -1.14. The Balaban J connectivity index is 1.61. The largest absolute Gasteiger partial charge is 0.495 e. The highest BCUT2D eigenvalue weighted by atomic mass is 19.2. The fraction of sp³-hybridized carbons (Fsp3) is 0.360. The number of fused-ring (bicyclic) bond motifs is 3. The second kappa shape index (κ2) is 9.27. The van der Waals surface area contributed by atoms with Crippen LogP contribution in [0, 0.1) is 11.7 Å². The fourth-order valence-electron chi connectivity index (χ4n) is 4.18. The van der Waals surface area contributed by atoms with E-state index in [1.165, 1.54) is 24.3 Å². The lowest BCUT2D eigenvalue weighted by Crippen LogP contribution is -2.38. The van der Waals surface area contributed by atoms with Gasteiger partial charge in [0.2, 0.25) is 0 Å². The van der Waals surface area contributed by atoms with Crippen molar-refractivity contribution in [1.82, 2.24) is 0 Å². The van der Waals surface area contributed by atoms with Gasteiger partial charge in [-0.3, -0.25) is 0 Å². The maximum Gasteiger partial charge on any atom is 0.167 e. The van der Waals surface area contributed by atoms with Crippen LogP contribution in [-0.2, 0) is 11.3 Å². The average Bonchev–Trinajstić information content (AvgIpc) is 2.79. The zero-order valence-corrected chi connectivity index (χ0v) is 17.8. The van der Waals surface area contributed by atoms with Gasteiger partial charge in [-0.25, -0.2) is 17.6 Å². The van der Waals surface area contributed by atoms with E-state index in [2.05, 4.69) is 0 Å². The molecule has 0 saturated heterocycles. The van der Waals surface area contributed by atoms with Crippen LogP contribution in [-0.4, -0.2) is 25.6 Å². The summed E-state index contributed by atoms with van der Waals surface area (Å²) >= 11 is 0. The molecule has 2 aliphatic carbocycles. The normalized spacial score (nSPS) is 24.1. The third kappa shape index (κ3) is 3.96. The number of halogens is 4. The van der Waals surface area contributed by atoms with Gasteiger partial charge in [-0.1, -0.05) is 18.2 Å². The Morgan fingerprint density at radius 1 is 0.781 bits per heavy atom. The molecule has 0 saturated carbocycles. The molecule has 3 nitrogen and oxygen atoms in total. The summed E-state index contributed by atoms with van der Waals surface area (Å²) in [5.41, 5.74) is 0.0985.